The summed E-state index contributed by atoms with van der Waals surface area (Å²) < 4.78 is 0. The van der Waals surface area contributed by atoms with E-state index in [2.05, 4.69) is 43.0 Å². The zero-order valence-electron chi connectivity index (χ0n) is 19.9. The SMILES string of the molecule is Cc1cc(CN2CCN(C(=O)C3CC3)CC2)cc(Cc2nc3ccc(-c4ccncn4)cc3[nH]2)n1. The molecule has 35 heavy (non-hydrogen) atoms. The minimum Gasteiger partial charge on any atom is -0.342 e. The molecule has 8 heteroatoms. The van der Waals surface area contributed by atoms with Crippen LogP contribution in [0.4, 0.5) is 0 Å². The fraction of sp³-hybridized carbons (Fsp3) is 0.370. The fourth-order valence-corrected chi connectivity index (χ4v) is 4.91. The van der Waals surface area contributed by atoms with Crippen LogP contribution in [0.15, 0.2) is 48.9 Å². The third-order valence-electron chi connectivity index (χ3n) is 6.84. The van der Waals surface area contributed by atoms with Gasteiger partial charge in [0, 0.05) is 68.2 Å². The number of carbonyl (C=O) groups excluding carboxylic acids is 1. The molecule has 4 heterocycles. The Morgan fingerprint density at radius 2 is 1.91 bits per heavy atom. The molecule has 6 rings (SSSR count). The van der Waals surface area contributed by atoms with E-state index in [1.807, 2.05) is 25.1 Å². The lowest BCUT2D eigenvalue weighted by Crippen LogP contribution is -2.48. The van der Waals surface area contributed by atoms with Gasteiger partial charge in [-0.1, -0.05) is 6.07 Å². The monoisotopic (exact) mass is 467 g/mol. The normalized spacial score (nSPS) is 16.7. The van der Waals surface area contributed by atoms with Gasteiger partial charge in [-0.15, -0.1) is 0 Å². The van der Waals surface area contributed by atoms with Gasteiger partial charge in [0.1, 0.15) is 12.2 Å². The Kier molecular flexibility index (Phi) is 5.74. The van der Waals surface area contributed by atoms with Gasteiger partial charge >= 0.3 is 0 Å². The molecule has 0 atom stereocenters. The van der Waals surface area contributed by atoms with E-state index in [0.717, 1.165) is 85.1 Å². The number of rotatable bonds is 6. The number of aromatic nitrogens is 5. The predicted octanol–water partition coefficient (Wildman–Crippen LogP) is 3.37. The third kappa shape index (κ3) is 4.93. The van der Waals surface area contributed by atoms with Gasteiger partial charge in [-0.3, -0.25) is 14.7 Å². The summed E-state index contributed by atoms with van der Waals surface area (Å²) >= 11 is 0. The van der Waals surface area contributed by atoms with E-state index in [1.165, 1.54) is 5.56 Å². The highest BCUT2D eigenvalue weighted by molar-refractivity contribution is 5.81. The molecule has 8 nitrogen and oxygen atoms in total. The summed E-state index contributed by atoms with van der Waals surface area (Å²) in [6.07, 6.45) is 6.11. The van der Waals surface area contributed by atoms with E-state index in [-0.39, 0.29) is 0 Å². The summed E-state index contributed by atoms with van der Waals surface area (Å²) in [6.45, 7) is 6.45. The number of H-pyrrole nitrogens is 1. The Morgan fingerprint density at radius 3 is 2.69 bits per heavy atom. The Hall–Kier alpha value is -3.65. The molecule has 0 radical (unpaired) electrons. The van der Waals surface area contributed by atoms with Gasteiger partial charge in [-0.25, -0.2) is 15.0 Å². The van der Waals surface area contributed by atoms with Crippen molar-refractivity contribution in [3.63, 3.8) is 0 Å². The van der Waals surface area contributed by atoms with E-state index < -0.39 is 0 Å². The average Bonchev–Trinajstić information content (AvgIpc) is 3.64. The highest BCUT2D eigenvalue weighted by Crippen LogP contribution is 2.31. The smallest absolute Gasteiger partial charge is 0.225 e. The highest BCUT2D eigenvalue weighted by Gasteiger charge is 2.34. The zero-order chi connectivity index (χ0) is 23.8. The number of nitrogens with one attached hydrogen (secondary N) is 1. The van der Waals surface area contributed by atoms with Crippen LogP contribution in [-0.2, 0) is 17.8 Å². The second-order valence-corrected chi connectivity index (χ2v) is 9.67. The predicted molar refractivity (Wildman–Crippen MR) is 133 cm³/mol. The van der Waals surface area contributed by atoms with Crippen molar-refractivity contribution in [3.05, 3.63) is 71.7 Å². The zero-order valence-corrected chi connectivity index (χ0v) is 19.9. The van der Waals surface area contributed by atoms with Crippen molar-refractivity contribution in [2.45, 2.75) is 32.7 Å². The molecule has 1 N–H and O–H groups in total. The van der Waals surface area contributed by atoms with Crippen LogP contribution in [0, 0.1) is 12.8 Å². The Labute approximate surface area is 204 Å². The number of benzene rings is 1. The summed E-state index contributed by atoms with van der Waals surface area (Å²) in [5.74, 6) is 1.57. The summed E-state index contributed by atoms with van der Waals surface area (Å²) in [4.78, 5) is 38.2. The topological polar surface area (TPSA) is 90.9 Å². The van der Waals surface area contributed by atoms with Crippen LogP contribution < -0.4 is 0 Å². The number of imidazole rings is 1. The molecular weight excluding hydrogens is 438 g/mol. The molecule has 1 aliphatic heterocycles. The molecular formula is C27H29N7O. The second-order valence-electron chi connectivity index (χ2n) is 9.67. The van der Waals surface area contributed by atoms with Crippen LogP contribution in [0.3, 0.4) is 0 Å². The molecule has 2 aliphatic rings. The second kappa shape index (κ2) is 9.19. The van der Waals surface area contributed by atoms with Gasteiger partial charge in [0.05, 0.1) is 16.7 Å². The number of amides is 1. The standard InChI is InChI=1S/C27H29N7O/c1-18-12-19(16-33-8-10-34(11-9-33)27(35)20-2-3-20)13-22(30-18)15-26-31-24-5-4-21(14-25(24)32-26)23-6-7-28-17-29-23/h4-7,12-14,17,20H,2-3,8-11,15-16H2,1H3,(H,31,32). The number of carbonyl (C=O) groups is 1. The molecule has 4 aromatic rings. The number of hydrogen-bond acceptors (Lipinski definition) is 6. The van der Waals surface area contributed by atoms with Crippen molar-refractivity contribution in [3.8, 4) is 11.3 Å². The lowest BCUT2D eigenvalue weighted by molar-refractivity contribution is -0.134. The summed E-state index contributed by atoms with van der Waals surface area (Å²) in [7, 11) is 0. The Balaban J connectivity index is 1.14. The first kappa shape index (κ1) is 21.9. The van der Waals surface area contributed by atoms with Crippen LogP contribution in [0.25, 0.3) is 22.3 Å². The van der Waals surface area contributed by atoms with Crippen LogP contribution in [0.5, 0.6) is 0 Å². The van der Waals surface area contributed by atoms with E-state index in [4.69, 9.17) is 9.97 Å². The Bertz CT molecular complexity index is 1350. The number of nitrogens with zero attached hydrogens (tertiary/aromatic N) is 6. The van der Waals surface area contributed by atoms with E-state index in [0.29, 0.717) is 18.2 Å². The van der Waals surface area contributed by atoms with Crippen molar-refractivity contribution >= 4 is 16.9 Å². The Morgan fingerprint density at radius 1 is 1.06 bits per heavy atom. The molecule has 0 spiro atoms. The van der Waals surface area contributed by atoms with Gasteiger partial charge in [-0.05, 0) is 55.7 Å². The lowest BCUT2D eigenvalue weighted by atomic mass is 10.1. The summed E-state index contributed by atoms with van der Waals surface area (Å²) in [5.41, 5.74) is 7.13. The molecule has 1 saturated carbocycles. The van der Waals surface area contributed by atoms with Crippen molar-refractivity contribution < 1.29 is 4.79 Å². The molecule has 1 aliphatic carbocycles. The van der Waals surface area contributed by atoms with Crippen LogP contribution >= 0.6 is 0 Å². The molecule has 1 amide bonds. The minimum atomic E-state index is 0.309. The molecule has 3 aromatic heterocycles. The quantitative estimate of drug-likeness (QED) is 0.468. The first-order valence-electron chi connectivity index (χ1n) is 12.3. The van der Waals surface area contributed by atoms with Gasteiger partial charge in [0.2, 0.25) is 5.91 Å². The van der Waals surface area contributed by atoms with Gasteiger partial charge in [-0.2, -0.15) is 0 Å². The average molecular weight is 468 g/mol. The van der Waals surface area contributed by atoms with E-state index in [9.17, 15) is 4.79 Å². The number of aryl methyl sites for hydroxylation is 1. The van der Waals surface area contributed by atoms with Crippen LogP contribution in [0.2, 0.25) is 0 Å². The molecule has 1 saturated heterocycles. The van der Waals surface area contributed by atoms with Gasteiger partial charge in [0.25, 0.3) is 0 Å². The van der Waals surface area contributed by atoms with Crippen molar-refractivity contribution in [1.82, 2.24) is 34.7 Å². The molecule has 2 fully saturated rings. The van der Waals surface area contributed by atoms with E-state index in [1.54, 1.807) is 12.5 Å². The minimum absolute atomic E-state index is 0.309. The maximum atomic E-state index is 12.3. The molecule has 178 valence electrons. The lowest BCUT2D eigenvalue weighted by Gasteiger charge is -2.35. The molecule has 0 bridgehead atoms. The molecule has 0 unspecified atom stereocenters. The largest absolute Gasteiger partial charge is 0.342 e. The van der Waals surface area contributed by atoms with E-state index >= 15 is 0 Å². The highest BCUT2D eigenvalue weighted by atomic mass is 16.2. The first-order valence-corrected chi connectivity index (χ1v) is 12.3. The van der Waals surface area contributed by atoms with Crippen molar-refractivity contribution in [1.29, 1.82) is 0 Å². The maximum Gasteiger partial charge on any atom is 0.225 e. The van der Waals surface area contributed by atoms with Crippen molar-refractivity contribution in [2.75, 3.05) is 26.2 Å². The maximum absolute atomic E-state index is 12.3. The van der Waals surface area contributed by atoms with Gasteiger partial charge in [0.15, 0.2) is 0 Å². The number of piperazine rings is 1. The van der Waals surface area contributed by atoms with Crippen LogP contribution in [0.1, 0.15) is 35.6 Å². The molecule has 1 aromatic carbocycles. The number of pyridine rings is 1. The number of hydrogen-bond donors (Lipinski definition) is 1. The number of fused-ring (bicyclic) bond motifs is 1. The summed E-state index contributed by atoms with van der Waals surface area (Å²) in [6, 6.07) is 12.4. The number of aromatic amines is 1. The first-order chi connectivity index (χ1) is 17.1. The summed E-state index contributed by atoms with van der Waals surface area (Å²) in [5, 5.41) is 0. The van der Waals surface area contributed by atoms with Crippen LogP contribution in [-0.4, -0.2) is 66.8 Å². The van der Waals surface area contributed by atoms with Gasteiger partial charge < -0.3 is 9.88 Å². The van der Waals surface area contributed by atoms with Crippen molar-refractivity contribution in [2.24, 2.45) is 5.92 Å². The third-order valence-corrected chi connectivity index (χ3v) is 6.84. The fourth-order valence-electron chi connectivity index (χ4n) is 4.91.